The molecule has 4 heteroatoms. The van der Waals surface area contributed by atoms with Crippen LogP contribution in [0.4, 0.5) is 8.78 Å². The Morgan fingerprint density at radius 3 is 2.23 bits per heavy atom. The lowest BCUT2D eigenvalue weighted by molar-refractivity contribution is 0.0115. The lowest BCUT2D eigenvalue weighted by atomic mass is 10.1. The summed E-state index contributed by atoms with van der Waals surface area (Å²) in [6.07, 6.45) is -0.295. The first kappa shape index (κ1) is 10.6. The predicted molar refractivity (Wildman–Crippen MR) is 51.8 cm³/mol. The van der Waals surface area contributed by atoms with E-state index in [9.17, 15) is 8.78 Å². The fourth-order valence-electron chi connectivity index (χ4n) is 0.973. The minimum absolute atomic E-state index is 0.295. The molecule has 1 nitrogen and oxygen atoms in total. The summed E-state index contributed by atoms with van der Waals surface area (Å²) in [5, 5.41) is 0. The van der Waals surface area contributed by atoms with Gasteiger partial charge >= 0.3 is 0 Å². The highest BCUT2D eigenvalue weighted by Gasteiger charge is 2.26. The number of hydrogen-bond donors (Lipinski definition) is 1. The third-order valence-electron chi connectivity index (χ3n) is 1.67. The maximum Gasteiger partial charge on any atom is 0.264 e. The van der Waals surface area contributed by atoms with Crippen LogP contribution >= 0.6 is 15.9 Å². The Hall–Kier alpha value is -0.480. The van der Waals surface area contributed by atoms with Crippen LogP contribution < -0.4 is 5.73 Å². The molecule has 0 heterocycles. The molecule has 1 aromatic rings. The van der Waals surface area contributed by atoms with Crippen molar-refractivity contribution in [2.24, 2.45) is 5.73 Å². The monoisotopic (exact) mass is 249 g/mol. The zero-order valence-corrected chi connectivity index (χ0v) is 8.52. The molecule has 0 saturated heterocycles. The van der Waals surface area contributed by atoms with Gasteiger partial charge in [0.05, 0.1) is 6.54 Å². The number of rotatable bonds is 3. The van der Waals surface area contributed by atoms with E-state index in [4.69, 9.17) is 5.73 Å². The van der Waals surface area contributed by atoms with Gasteiger partial charge in [0, 0.05) is 10.9 Å². The van der Waals surface area contributed by atoms with Crippen LogP contribution in [0.2, 0.25) is 0 Å². The van der Waals surface area contributed by atoms with Crippen molar-refractivity contribution in [2.75, 3.05) is 6.54 Å². The molecule has 1 rings (SSSR count). The molecule has 0 aromatic heterocycles. The first-order valence-electron chi connectivity index (χ1n) is 3.86. The molecular weight excluding hydrogens is 240 g/mol. The van der Waals surface area contributed by atoms with Crippen LogP contribution in [0, 0.1) is 0 Å². The Kier molecular flexibility index (Phi) is 3.39. The normalized spacial score (nSPS) is 11.7. The maximum atomic E-state index is 12.8. The molecule has 0 radical (unpaired) electrons. The average molecular weight is 250 g/mol. The van der Waals surface area contributed by atoms with Gasteiger partial charge in [0.2, 0.25) is 0 Å². The number of alkyl halides is 2. The minimum atomic E-state index is -2.80. The van der Waals surface area contributed by atoms with Crippen LogP contribution in [0.3, 0.4) is 0 Å². The smallest absolute Gasteiger partial charge is 0.264 e. The van der Waals surface area contributed by atoms with Gasteiger partial charge in [-0.3, -0.25) is 0 Å². The molecule has 0 aliphatic heterocycles. The van der Waals surface area contributed by atoms with Crippen LogP contribution in [0.25, 0.3) is 0 Å². The molecule has 0 saturated carbocycles. The van der Waals surface area contributed by atoms with Crippen molar-refractivity contribution in [2.45, 2.75) is 12.3 Å². The number of hydrogen-bond acceptors (Lipinski definition) is 1. The van der Waals surface area contributed by atoms with Crippen molar-refractivity contribution in [3.05, 3.63) is 34.3 Å². The van der Waals surface area contributed by atoms with E-state index in [0.29, 0.717) is 5.56 Å². The van der Waals surface area contributed by atoms with Crippen molar-refractivity contribution in [1.29, 1.82) is 0 Å². The second kappa shape index (κ2) is 4.15. The highest BCUT2D eigenvalue weighted by molar-refractivity contribution is 9.10. The molecule has 72 valence electrons. The molecule has 0 aliphatic carbocycles. The van der Waals surface area contributed by atoms with Crippen molar-refractivity contribution in [3.8, 4) is 0 Å². The van der Waals surface area contributed by atoms with Crippen LogP contribution in [-0.2, 0) is 6.42 Å². The second-order valence-corrected chi connectivity index (χ2v) is 3.78. The van der Waals surface area contributed by atoms with E-state index in [0.717, 1.165) is 4.47 Å². The number of halogens is 3. The minimum Gasteiger partial charge on any atom is -0.325 e. The van der Waals surface area contributed by atoms with Crippen molar-refractivity contribution >= 4 is 15.9 Å². The summed E-state index contributed by atoms with van der Waals surface area (Å²) >= 11 is 3.23. The quantitative estimate of drug-likeness (QED) is 0.876. The predicted octanol–water partition coefficient (Wildman–Crippen LogP) is 2.59. The Morgan fingerprint density at radius 2 is 1.77 bits per heavy atom. The molecule has 0 amide bonds. The first-order chi connectivity index (χ1) is 6.03. The average Bonchev–Trinajstić information content (AvgIpc) is 2.09. The summed E-state index contributed by atoms with van der Waals surface area (Å²) in [7, 11) is 0. The molecule has 1 aromatic carbocycles. The SMILES string of the molecule is NCC(F)(F)Cc1ccc(Br)cc1. The molecule has 0 aliphatic rings. The molecule has 0 unspecified atom stereocenters. The summed E-state index contributed by atoms with van der Waals surface area (Å²) in [6, 6.07) is 6.80. The van der Waals surface area contributed by atoms with Crippen molar-refractivity contribution in [1.82, 2.24) is 0 Å². The summed E-state index contributed by atoms with van der Waals surface area (Å²) in [5.74, 6) is -2.80. The van der Waals surface area contributed by atoms with Crippen LogP contribution in [0.5, 0.6) is 0 Å². The highest BCUT2D eigenvalue weighted by Crippen LogP contribution is 2.19. The van der Waals surface area contributed by atoms with Gasteiger partial charge in [-0.05, 0) is 17.7 Å². The second-order valence-electron chi connectivity index (χ2n) is 2.86. The first-order valence-corrected chi connectivity index (χ1v) is 4.65. The van der Waals surface area contributed by atoms with E-state index in [1.807, 2.05) is 0 Å². The van der Waals surface area contributed by atoms with Crippen LogP contribution in [-0.4, -0.2) is 12.5 Å². The van der Waals surface area contributed by atoms with Gasteiger partial charge in [-0.25, -0.2) is 8.78 Å². The highest BCUT2D eigenvalue weighted by atomic mass is 79.9. The van der Waals surface area contributed by atoms with Gasteiger partial charge in [0.1, 0.15) is 0 Å². The molecule has 2 N–H and O–H groups in total. The summed E-state index contributed by atoms with van der Waals surface area (Å²) in [5.41, 5.74) is 5.52. The Morgan fingerprint density at radius 1 is 1.23 bits per heavy atom. The van der Waals surface area contributed by atoms with Gasteiger partial charge in [-0.1, -0.05) is 28.1 Å². The van der Waals surface area contributed by atoms with E-state index in [-0.39, 0.29) is 6.42 Å². The van der Waals surface area contributed by atoms with Crippen molar-refractivity contribution < 1.29 is 8.78 Å². The maximum absolute atomic E-state index is 12.8. The standard InChI is InChI=1S/C9H10BrF2N/c10-8-3-1-7(2-4-8)5-9(11,12)6-13/h1-4H,5-6,13H2. The Labute approximate surface area is 84.1 Å². The van der Waals surface area contributed by atoms with Crippen LogP contribution in [0.15, 0.2) is 28.7 Å². The van der Waals surface area contributed by atoms with E-state index in [1.165, 1.54) is 0 Å². The lowest BCUT2D eigenvalue weighted by Crippen LogP contribution is -2.30. The largest absolute Gasteiger partial charge is 0.325 e. The zero-order chi connectivity index (χ0) is 9.90. The third-order valence-corrected chi connectivity index (χ3v) is 2.20. The molecule has 0 atom stereocenters. The van der Waals surface area contributed by atoms with E-state index >= 15 is 0 Å². The van der Waals surface area contributed by atoms with E-state index in [2.05, 4.69) is 15.9 Å². The van der Waals surface area contributed by atoms with Gasteiger partial charge < -0.3 is 5.73 Å². The van der Waals surface area contributed by atoms with Crippen molar-refractivity contribution in [3.63, 3.8) is 0 Å². The third kappa shape index (κ3) is 3.40. The van der Waals surface area contributed by atoms with Gasteiger partial charge in [0.15, 0.2) is 0 Å². The van der Waals surface area contributed by atoms with E-state index < -0.39 is 12.5 Å². The molecule has 13 heavy (non-hydrogen) atoms. The van der Waals surface area contributed by atoms with E-state index in [1.54, 1.807) is 24.3 Å². The molecule has 0 spiro atoms. The molecule has 0 fully saturated rings. The molecule has 0 bridgehead atoms. The summed E-state index contributed by atoms with van der Waals surface area (Å²) < 4.78 is 26.5. The molecular formula is C9H10BrF2N. The fraction of sp³-hybridized carbons (Fsp3) is 0.333. The zero-order valence-electron chi connectivity index (χ0n) is 6.93. The summed E-state index contributed by atoms with van der Waals surface area (Å²) in [4.78, 5) is 0. The van der Waals surface area contributed by atoms with Gasteiger partial charge in [0.25, 0.3) is 5.92 Å². The van der Waals surface area contributed by atoms with Crippen LogP contribution in [0.1, 0.15) is 5.56 Å². The lowest BCUT2D eigenvalue weighted by Gasteiger charge is -2.13. The number of benzene rings is 1. The fourth-order valence-corrected chi connectivity index (χ4v) is 1.24. The van der Waals surface area contributed by atoms with Gasteiger partial charge in [-0.15, -0.1) is 0 Å². The topological polar surface area (TPSA) is 26.0 Å². The Bertz CT molecular complexity index is 271. The number of nitrogens with two attached hydrogens (primary N) is 1. The summed E-state index contributed by atoms with van der Waals surface area (Å²) in [6.45, 7) is -0.608. The Balaban J connectivity index is 2.69. The van der Waals surface area contributed by atoms with Gasteiger partial charge in [-0.2, -0.15) is 0 Å².